The molecule has 2 aliphatic rings. The molecule has 2 aromatic carbocycles. The Morgan fingerprint density at radius 1 is 1.19 bits per heavy atom. The van der Waals surface area contributed by atoms with Crippen LogP contribution in [0.1, 0.15) is 30.0 Å². The summed E-state index contributed by atoms with van der Waals surface area (Å²) >= 11 is 0. The van der Waals surface area contributed by atoms with Gasteiger partial charge in [-0.05, 0) is 74.2 Å². The predicted octanol–water partition coefficient (Wildman–Crippen LogP) is 3.59. The number of benzene rings is 2. The average Bonchev–Trinajstić information content (AvgIpc) is 3.09. The lowest BCUT2D eigenvalue weighted by Gasteiger charge is -2.36. The van der Waals surface area contributed by atoms with E-state index in [2.05, 4.69) is 30.1 Å². The summed E-state index contributed by atoms with van der Waals surface area (Å²) in [5.74, 6) is -1.20. The lowest BCUT2D eigenvalue weighted by Crippen LogP contribution is -2.41. The smallest absolute Gasteiger partial charge is 0.328 e. The van der Waals surface area contributed by atoms with Crippen molar-refractivity contribution in [3.63, 3.8) is 0 Å². The van der Waals surface area contributed by atoms with E-state index in [4.69, 9.17) is 19.7 Å². The van der Waals surface area contributed by atoms with E-state index in [1.54, 1.807) is 6.07 Å². The van der Waals surface area contributed by atoms with Crippen molar-refractivity contribution in [1.82, 2.24) is 5.32 Å². The molecular formula is C27H33FN2O6. The maximum Gasteiger partial charge on any atom is 0.328 e. The normalized spacial score (nSPS) is 15.5. The fourth-order valence-corrected chi connectivity index (χ4v) is 4.45. The molecule has 4 rings (SSSR count). The molecule has 9 heteroatoms. The number of anilines is 1. The van der Waals surface area contributed by atoms with Gasteiger partial charge >= 0.3 is 11.9 Å². The largest absolute Gasteiger partial charge is 0.490 e. The van der Waals surface area contributed by atoms with Crippen molar-refractivity contribution >= 4 is 17.6 Å². The summed E-state index contributed by atoms with van der Waals surface area (Å²) < 4.78 is 25.7. The summed E-state index contributed by atoms with van der Waals surface area (Å²) in [4.78, 5) is 21.5. The molecule has 2 aromatic rings. The summed E-state index contributed by atoms with van der Waals surface area (Å²) in [7, 11) is 0. The first kappa shape index (κ1) is 27.0. The minimum absolute atomic E-state index is 0.00683. The lowest BCUT2D eigenvalue weighted by molar-refractivity contribution is -0.134. The molecule has 0 amide bonds. The van der Waals surface area contributed by atoms with Crippen molar-refractivity contribution in [3.05, 3.63) is 65.0 Å². The number of carbonyl (C=O) groups is 2. The fraction of sp³-hybridized carbons (Fsp3) is 0.407. The molecule has 0 fully saturated rings. The first-order chi connectivity index (χ1) is 17.3. The molecule has 2 aliphatic heterocycles. The van der Waals surface area contributed by atoms with Gasteiger partial charge in [-0.3, -0.25) is 0 Å². The van der Waals surface area contributed by atoms with Gasteiger partial charge in [0, 0.05) is 18.2 Å². The monoisotopic (exact) mass is 500 g/mol. The molecule has 0 bridgehead atoms. The Bertz CT molecular complexity index is 1090. The number of aliphatic carboxylic acids is 2. The second kappa shape index (κ2) is 12.9. The Balaban J connectivity index is 0.000000392. The van der Waals surface area contributed by atoms with E-state index in [9.17, 15) is 14.0 Å². The van der Waals surface area contributed by atoms with Gasteiger partial charge in [0.25, 0.3) is 0 Å². The molecule has 1 unspecified atom stereocenters. The highest BCUT2D eigenvalue weighted by Gasteiger charge is 2.27. The number of ether oxygens (including phenoxy) is 2. The summed E-state index contributed by atoms with van der Waals surface area (Å²) in [6.07, 6.45) is 4.07. The molecule has 1 atom stereocenters. The molecule has 2 heterocycles. The Hall–Kier alpha value is -3.59. The van der Waals surface area contributed by atoms with E-state index in [1.165, 1.54) is 34.5 Å². The van der Waals surface area contributed by atoms with E-state index in [0.29, 0.717) is 24.5 Å². The van der Waals surface area contributed by atoms with Crippen LogP contribution >= 0.6 is 0 Å². The minimum atomic E-state index is -1.26. The van der Waals surface area contributed by atoms with Crippen LogP contribution < -0.4 is 19.7 Å². The van der Waals surface area contributed by atoms with Gasteiger partial charge < -0.3 is 29.9 Å². The zero-order valence-corrected chi connectivity index (χ0v) is 20.6. The van der Waals surface area contributed by atoms with Crippen LogP contribution in [-0.2, 0) is 22.4 Å². The lowest BCUT2D eigenvalue weighted by atomic mass is 9.94. The second-order valence-electron chi connectivity index (χ2n) is 8.65. The molecule has 8 nitrogen and oxygen atoms in total. The Kier molecular flexibility index (Phi) is 9.69. The number of hydrogen-bond acceptors (Lipinski definition) is 6. The molecule has 0 saturated carbocycles. The molecule has 3 N–H and O–H groups in total. The number of nitrogens with zero attached hydrogens (tertiary/aromatic N) is 1. The van der Waals surface area contributed by atoms with Crippen LogP contribution in [0.15, 0.2) is 42.5 Å². The van der Waals surface area contributed by atoms with Gasteiger partial charge in [-0.2, -0.15) is 0 Å². The Morgan fingerprint density at radius 2 is 1.92 bits per heavy atom. The molecule has 0 aromatic heterocycles. The highest BCUT2D eigenvalue weighted by Crippen LogP contribution is 2.39. The second-order valence-corrected chi connectivity index (χ2v) is 8.65. The van der Waals surface area contributed by atoms with Crippen molar-refractivity contribution in [2.45, 2.75) is 39.2 Å². The van der Waals surface area contributed by atoms with Crippen LogP contribution in [0.4, 0.5) is 10.1 Å². The summed E-state index contributed by atoms with van der Waals surface area (Å²) in [5.41, 5.74) is 5.40. The van der Waals surface area contributed by atoms with Gasteiger partial charge in [-0.25, -0.2) is 14.0 Å². The van der Waals surface area contributed by atoms with E-state index >= 15 is 0 Å². The fourth-order valence-electron chi connectivity index (χ4n) is 4.45. The quantitative estimate of drug-likeness (QED) is 0.495. The number of carboxylic acid groups (broad SMARTS) is 2. The van der Waals surface area contributed by atoms with Crippen LogP contribution in [0.2, 0.25) is 0 Å². The van der Waals surface area contributed by atoms with Gasteiger partial charge in [0.1, 0.15) is 30.0 Å². The molecular weight excluding hydrogens is 467 g/mol. The molecule has 0 radical (unpaired) electrons. The van der Waals surface area contributed by atoms with Gasteiger partial charge in [-0.15, -0.1) is 0 Å². The summed E-state index contributed by atoms with van der Waals surface area (Å²) in [5, 5.41) is 19.1. The first-order valence-corrected chi connectivity index (χ1v) is 12.1. The third-order valence-electron chi connectivity index (χ3n) is 6.14. The number of rotatable bonds is 7. The first-order valence-electron chi connectivity index (χ1n) is 12.1. The van der Waals surface area contributed by atoms with Crippen LogP contribution in [0.25, 0.3) is 0 Å². The minimum Gasteiger partial charge on any atom is -0.490 e. The summed E-state index contributed by atoms with van der Waals surface area (Å²) in [6.45, 7) is 8.66. The number of fused-ring (bicyclic) bond motifs is 2. The maximum atomic E-state index is 13.5. The zero-order valence-electron chi connectivity index (χ0n) is 20.6. The number of hydrogen-bond donors (Lipinski definition) is 3. The standard InChI is InChI=1S/C23H29FN2O2.C4H4O4/c1-3-19(28-20-6-4-5-18(24)14-20)15-26-11-12-27-22-13-17-7-9-25-10-8-21(17)16(2)23(22)26;5-3(6)1-2-4(7)8/h4-6,13-14,19,25H,3,7-12,15H2,1-2H3;1-2H,(H,5,6)(H,7,8)/b;2-1+. The van der Waals surface area contributed by atoms with Crippen LogP contribution in [0.5, 0.6) is 11.5 Å². The highest BCUT2D eigenvalue weighted by molar-refractivity contribution is 5.89. The van der Waals surface area contributed by atoms with Gasteiger partial charge in [-0.1, -0.05) is 13.0 Å². The average molecular weight is 501 g/mol. The van der Waals surface area contributed by atoms with Crippen molar-refractivity contribution in [3.8, 4) is 11.5 Å². The van der Waals surface area contributed by atoms with Crippen LogP contribution in [0.3, 0.4) is 0 Å². The SMILES string of the molecule is CCC(CN1CCOc2cc3c(c(C)c21)CCNCC3)Oc1cccc(F)c1.O=C(O)/C=C/C(=O)O. The third kappa shape index (κ3) is 7.45. The van der Waals surface area contributed by atoms with Crippen LogP contribution in [0, 0.1) is 12.7 Å². The predicted molar refractivity (Wildman–Crippen MR) is 135 cm³/mol. The summed E-state index contributed by atoms with van der Waals surface area (Å²) in [6, 6.07) is 8.64. The topological polar surface area (TPSA) is 108 Å². The van der Waals surface area contributed by atoms with Crippen molar-refractivity contribution < 1.29 is 33.7 Å². The van der Waals surface area contributed by atoms with Crippen molar-refractivity contribution in [2.75, 3.05) is 37.7 Å². The van der Waals surface area contributed by atoms with E-state index < -0.39 is 11.9 Å². The third-order valence-corrected chi connectivity index (χ3v) is 6.14. The maximum absolute atomic E-state index is 13.5. The molecule has 194 valence electrons. The Labute approximate surface area is 210 Å². The number of nitrogens with one attached hydrogen (secondary N) is 1. The van der Waals surface area contributed by atoms with E-state index in [0.717, 1.165) is 51.2 Å². The molecule has 0 saturated heterocycles. The van der Waals surface area contributed by atoms with E-state index in [1.807, 2.05) is 6.07 Å². The van der Waals surface area contributed by atoms with Crippen molar-refractivity contribution in [2.24, 2.45) is 0 Å². The van der Waals surface area contributed by atoms with Crippen LogP contribution in [-0.4, -0.2) is 61.0 Å². The van der Waals surface area contributed by atoms with Crippen molar-refractivity contribution in [1.29, 1.82) is 0 Å². The van der Waals surface area contributed by atoms with Gasteiger partial charge in [0.05, 0.1) is 18.8 Å². The molecule has 36 heavy (non-hydrogen) atoms. The molecule has 0 spiro atoms. The number of halogens is 1. The van der Waals surface area contributed by atoms with Gasteiger partial charge in [0.2, 0.25) is 0 Å². The molecule has 0 aliphatic carbocycles. The zero-order chi connectivity index (χ0) is 26.1. The van der Waals surface area contributed by atoms with E-state index in [-0.39, 0.29) is 11.9 Å². The highest BCUT2D eigenvalue weighted by atomic mass is 19.1. The number of carboxylic acids is 2. The van der Waals surface area contributed by atoms with Gasteiger partial charge in [0.15, 0.2) is 0 Å². The Morgan fingerprint density at radius 3 is 2.58 bits per heavy atom.